The van der Waals surface area contributed by atoms with Gasteiger partial charge in [0, 0.05) is 17.5 Å². The molecule has 1 atom stereocenters. The van der Waals surface area contributed by atoms with Crippen LogP contribution in [0.2, 0.25) is 0 Å². The van der Waals surface area contributed by atoms with Gasteiger partial charge in [0.1, 0.15) is 22.9 Å². The van der Waals surface area contributed by atoms with E-state index in [2.05, 4.69) is 10.3 Å². The Bertz CT molecular complexity index is 767. The number of carboxylic acid groups (broad SMARTS) is 1. The summed E-state index contributed by atoms with van der Waals surface area (Å²) < 4.78 is 5.07. The number of aliphatic carboxylic acids is 1. The average molecular weight is 332 g/mol. The maximum absolute atomic E-state index is 11.8. The van der Waals surface area contributed by atoms with Gasteiger partial charge in [0.15, 0.2) is 0 Å². The van der Waals surface area contributed by atoms with Gasteiger partial charge >= 0.3 is 12.1 Å². The minimum Gasteiger partial charge on any atom is -0.506 e. The van der Waals surface area contributed by atoms with E-state index in [4.69, 9.17) is 4.74 Å². The van der Waals surface area contributed by atoms with Crippen molar-refractivity contribution < 1.29 is 24.5 Å². The first-order chi connectivity index (χ1) is 11.2. The number of phenols is 1. The van der Waals surface area contributed by atoms with E-state index in [-0.39, 0.29) is 12.2 Å². The molecule has 0 saturated heterocycles. The third-order valence-corrected chi connectivity index (χ3v) is 3.16. The maximum Gasteiger partial charge on any atom is 0.408 e. The lowest BCUT2D eigenvalue weighted by Gasteiger charge is -2.22. The molecule has 7 heteroatoms. The van der Waals surface area contributed by atoms with Gasteiger partial charge in [-0.15, -0.1) is 0 Å². The molecule has 7 nitrogen and oxygen atoms in total. The highest BCUT2D eigenvalue weighted by Crippen LogP contribution is 2.22. The zero-order valence-corrected chi connectivity index (χ0v) is 13.7. The van der Waals surface area contributed by atoms with Crippen molar-refractivity contribution in [2.24, 2.45) is 0 Å². The van der Waals surface area contributed by atoms with Gasteiger partial charge in [-0.2, -0.15) is 0 Å². The maximum atomic E-state index is 11.8. The van der Waals surface area contributed by atoms with Gasteiger partial charge in [0.25, 0.3) is 0 Å². The Hall–Kier alpha value is -2.83. The molecular weight excluding hydrogens is 312 g/mol. The van der Waals surface area contributed by atoms with Gasteiger partial charge in [0.2, 0.25) is 0 Å². The highest BCUT2D eigenvalue weighted by molar-refractivity contribution is 5.84. The summed E-state index contributed by atoms with van der Waals surface area (Å²) in [7, 11) is 0. The summed E-state index contributed by atoms with van der Waals surface area (Å²) in [6.45, 7) is 5.07. The fourth-order valence-corrected chi connectivity index (χ4v) is 2.14. The Morgan fingerprint density at radius 2 is 1.96 bits per heavy atom. The number of fused-ring (bicyclic) bond motifs is 1. The normalized spacial score (nSPS) is 12.6. The monoisotopic (exact) mass is 332 g/mol. The Kier molecular flexibility index (Phi) is 4.92. The summed E-state index contributed by atoms with van der Waals surface area (Å²) in [6, 6.07) is 7.21. The van der Waals surface area contributed by atoms with Crippen molar-refractivity contribution in [3.63, 3.8) is 0 Å². The summed E-state index contributed by atoms with van der Waals surface area (Å²) in [5, 5.41) is 22.2. The van der Waals surface area contributed by atoms with Crippen LogP contribution in [-0.4, -0.2) is 38.9 Å². The molecule has 1 aromatic heterocycles. The lowest BCUT2D eigenvalue weighted by Crippen LogP contribution is -2.44. The molecule has 1 unspecified atom stereocenters. The van der Waals surface area contributed by atoms with Crippen LogP contribution >= 0.6 is 0 Å². The number of carbonyl (C=O) groups is 2. The van der Waals surface area contributed by atoms with Crippen molar-refractivity contribution in [2.45, 2.75) is 38.8 Å². The number of carboxylic acids is 1. The number of ether oxygens (including phenoxy) is 1. The van der Waals surface area contributed by atoms with Crippen LogP contribution in [0.1, 0.15) is 26.5 Å². The van der Waals surface area contributed by atoms with E-state index < -0.39 is 23.7 Å². The second-order valence-corrected chi connectivity index (χ2v) is 6.39. The van der Waals surface area contributed by atoms with E-state index >= 15 is 0 Å². The lowest BCUT2D eigenvalue weighted by atomic mass is 10.1. The fraction of sp³-hybridized carbons (Fsp3) is 0.353. The van der Waals surface area contributed by atoms with Crippen LogP contribution in [0.15, 0.2) is 30.3 Å². The van der Waals surface area contributed by atoms with Crippen LogP contribution in [-0.2, 0) is 16.0 Å². The van der Waals surface area contributed by atoms with E-state index in [9.17, 15) is 19.8 Å². The standard InChI is InChI=1S/C17H20N2O5/c1-17(2,3)24-16(23)19-12(15(21)22)9-11-8-7-10-5-4-6-13(20)14(10)18-11/h4-8,12,20H,9H2,1-3H3,(H,19,23)(H,21,22). The minimum atomic E-state index is -1.19. The minimum absolute atomic E-state index is 0.0151. The van der Waals surface area contributed by atoms with Crippen molar-refractivity contribution >= 4 is 23.0 Å². The molecular formula is C17H20N2O5. The molecule has 1 heterocycles. The number of phenolic OH excluding ortho intramolecular Hbond substituents is 1. The Balaban J connectivity index is 2.17. The van der Waals surface area contributed by atoms with Gasteiger partial charge < -0.3 is 20.3 Å². The number of aromatic nitrogens is 1. The summed E-state index contributed by atoms with van der Waals surface area (Å²) in [6.07, 6.45) is -0.836. The molecule has 0 radical (unpaired) electrons. The van der Waals surface area contributed by atoms with E-state index in [0.717, 1.165) is 5.39 Å². The molecule has 0 aliphatic rings. The molecule has 0 saturated carbocycles. The average Bonchev–Trinajstić information content (AvgIpc) is 2.45. The molecule has 128 valence electrons. The summed E-state index contributed by atoms with van der Waals surface area (Å²) in [4.78, 5) is 27.4. The highest BCUT2D eigenvalue weighted by Gasteiger charge is 2.24. The first-order valence-electron chi connectivity index (χ1n) is 7.45. The first-order valence-corrected chi connectivity index (χ1v) is 7.45. The Labute approximate surface area is 139 Å². The van der Waals surface area contributed by atoms with E-state index in [1.807, 2.05) is 0 Å². The number of aromatic hydroxyl groups is 1. The summed E-state index contributed by atoms with van der Waals surface area (Å²) in [5.41, 5.74) is 0.101. The third-order valence-electron chi connectivity index (χ3n) is 3.16. The zero-order valence-electron chi connectivity index (χ0n) is 13.7. The molecule has 2 aromatic rings. The number of amides is 1. The van der Waals surface area contributed by atoms with Gasteiger partial charge in [-0.1, -0.05) is 18.2 Å². The van der Waals surface area contributed by atoms with E-state index in [0.29, 0.717) is 11.2 Å². The number of carbonyl (C=O) groups excluding carboxylic acids is 1. The smallest absolute Gasteiger partial charge is 0.408 e. The van der Waals surface area contributed by atoms with Crippen LogP contribution in [0.25, 0.3) is 10.9 Å². The molecule has 0 aliphatic carbocycles. The topological polar surface area (TPSA) is 109 Å². The van der Waals surface area contributed by atoms with Crippen molar-refractivity contribution in [3.8, 4) is 5.75 Å². The molecule has 0 bridgehead atoms. The molecule has 3 N–H and O–H groups in total. The fourth-order valence-electron chi connectivity index (χ4n) is 2.14. The number of alkyl carbamates (subject to hydrolysis) is 1. The molecule has 1 amide bonds. The van der Waals surface area contributed by atoms with Gasteiger partial charge in [0.05, 0.1) is 0 Å². The second kappa shape index (κ2) is 6.74. The SMILES string of the molecule is CC(C)(C)OC(=O)NC(Cc1ccc2cccc(O)c2n1)C(=O)O. The molecule has 2 rings (SSSR count). The molecule has 1 aromatic carbocycles. The Morgan fingerprint density at radius 1 is 1.25 bits per heavy atom. The lowest BCUT2D eigenvalue weighted by molar-refractivity contribution is -0.139. The second-order valence-electron chi connectivity index (χ2n) is 6.39. The van der Waals surface area contributed by atoms with Crippen LogP contribution in [0.4, 0.5) is 4.79 Å². The van der Waals surface area contributed by atoms with E-state index in [1.165, 1.54) is 6.07 Å². The number of benzene rings is 1. The first kappa shape index (κ1) is 17.5. The third kappa shape index (κ3) is 4.58. The Morgan fingerprint density at radius 3 is 2.58 bits per heavy atom. The summed E-state index contributed by atoms with van der Waals surface area (Å²) in [5.74, 6) is -1.18. The number of hydrogen-bond donors (Lipinski definition) is 3. The summed E-state index contributed by atoms with van der Waals surface area (Å²) >= 11 is 0. The number of rotatable bonds is 4. The zero-order chi connectivity index (χ0) is 17.9. The van der Waals surface area contributed by atoms with E-state index in [1.54, 1.807) is 45.0 Å². The van der Waals surface area contributed by atoms with Crippen molar-refractivity contribution in [1.82, 2.24) is 10.3 Å². The number of para-hydroxylation sites is 1. The quantitative estimate of drug-likeness (QED) is 0.793. The number of nitrogens with zero attached hydrogens (tertiary/aromatic N) is 1. The van der Waals surface area contributed by atoms with Gasteiger partial charge in [-0.3, -0.25) is 0 Å². The van der Waals surface area contributed by atoms with Crippen molar-refractivity contribution in [3.05, 3.63) is 36.0 Å². The predicted octanol–water partition coefficient (Wildman–Crippen LogP) is 2.46. The van der Waals surface area contributed by atoms with Crippen LogP contribution in [0.5, 0.6) is 5.75 Å². The molecule has 0 fully saturated rings. The van der Waals surface area contributed by atoms with Crippen LogP contribution in [0, 0.1) is 0 Å². The number of pyridine rings is 1. The van der Waals surface area contributed by atoms with Crippen LogP contribution < -0.4 is 5.32 Å². The number of nitrogens with one attached hydrogen (secondary N) is 1. The molecule has 0 aliphatic heterocycles. The van der Waals surface area contributed by atoms with Crippen molar-refractivity contribution in [1.29, 1.82) is 0 Å². The van der Waals surface area contributed by atoms with Gasteiger partial charge in [-0.05, 0) is 32.9 Å². The van der Waals surface area contributed by atoms with Gasteiger partial charge in [-0.25, -0.2) is 14.6 Å². The van der Waals surface area contributed by atoms with Crippen molar-refractivity contribution in [2.75, 3.05) is 0 Å². The largest absolute Gasteiger partial charge is 0.506 e. The number of hydrogen-bond acceptors (Lipinski definition) is 5. The predicted molar refractivity (Wildman–Crippen MR) is 87.9 cm³/mol. The molecule has 0 spiro atoms. The highest BCUT2D eigenvalue weighted by atomic mass is 16.6. The molecule has 24 heavy (non-hydrogen) atoms. The van der Waals surface area contributed by atoms with Crippen LogP contribution in [0.3, 0.4) is 0 Å².